The molecule has 1 heterocycles. The van der Waals surface area contributed by atoms with Crippen LogP contribution in [0.2, 0.25) is 0 Å². The van der Waals surface area contributed by atoms with Crippen LogP contribution in [0.4, 0.5) is 0 Å². The normalized spacial score (nSPS) is 10.6. The molecule has 0 saturated heterocycles. The predicted molar refractivity (Wildman–Crippen MR) is 63.8 cm³/mol. The monoisotopic (exact) mass is 237 g/mol. The molecule has 4 nitrogen and oxygen atoms in total. The van der Waals surface area contributed by atoms with Crippen molar-refractivity contribution in [2.45, 2.75) is 0 Å². The highest BCUT2D eigenvalue weighted by Crippen LogP contribution is 2.16. The summed E-state index contributed by atoms with van der Waals surface area (Å²) in [7, 11) is 1.82. The molecule has 0 bridgehead atoms. The van der Waals surface area contributed by atoms with Crippen LogP contribution < -0.4 is 5.32 Å². The van der Waals surface area contributed by atoms with E-state index in [2.05, 4.69) is 10.4 Å². The quantitative estimate of drug-likeness (QED) is 0.824. The van der Waals surface area contributed by atoms with Crippen molar-refractivity contribution in [1.82, 2.24) is 15.1 Å². The smallest absolute Gasteiger partial charge is 0.272 e. The van der Waals surface area contributed by atoms with E-state index in [1.165, 1.54) is 0 Å². The third-order valence-corrected chi connectivity index (χ3v) is 2.54. The van der Waals surface area contributed by atoms with Crippen LogP contribution in [0.3, 0.4) is 0 Å². The molecule has 0 fully saturated rings. The van der Waals surface area contributed by atoms with E-state index in [1.807, 2.05) is 31.3 Å². The molecule has 0 radical (unpaired) electrons. The Morgan fingerprint density at radius 2 is 2.25 bits per heavy atom. The number of carbonyl (C=O) groups is 1. The molecule has 1 amide bonds. The Labute approximate surface area is 98.2 Å². The third kappa shape index (κ3) is 1.88. The average Bonchev–Trinajstić information content (AvgIpc) is 2.65. The van der Waals surface area contributed by atoms with E-state index >= 15 is 0 Å². The minimum atomic E-state index is -0.183. The summed E-state index contributed by atoms with van der Waals surface area (Å²) in [6, 6.07) is 7.63. The molecule has 1 aromatic carbocycles. The molecule has 1 N–H and O–H groups in total. The molecular weight excluding hydrogens is 226 g/mol. The zero-order valence-corrected chi connectivity index (χ0v) is 9.66. The van der Waals surface area contributed by atoms with Crippen LogP contribution >= 0.6 is 11.6 Å². The average molecular weight is 238 g/mol. The standard InChI is InChI=1S/C11H12ClN3O/c1-15-9-5-3-2-4-8(9)10(14-15)11(16)13-7-6-12/h2-5H,6-7H2,1H3,(H,13,16). The van der Waals surface area contributed by atoms with Gasteiger partial charge in [-0.05, 0) is 6.07 Å². The van der Waals surface area contributed by atoms with Crippen LogP contribution in [0.15, 0.2) is 24.3 Å². The van der Waals surface area contributed by atoms with Gasteiger partial charge in [-0.25, -0.2) is 0 Å². The molecule has 1 aromatic heterocycles. The molecule has 0 aliphatic heterocycles. The highest BCUT2D eigenvalue weighted by molar-refractivity contribution is 6.18. The van der Waals surface area contributed by atoms with E-state index < -0.39 is 0 Å². The van der Waals surface area contributed by atoms with Crippen molar-refractivity contribution >= 4 is 28.4 Å². The summed E-state index contributed by atoms with van der Waals surface area (Å²) in [5.41, 5.74) is 1.39. The maximum absolute atomic E-state index is 11.8. The van der Waals surface area contributed by atoms with E-state index in [9.17, 15) is 4.79 Å². The van der Waals surface area contributed by atoms with Crippen molar-refractivity contribution in [3.63, 3.8) is 0 Å². The number of fused-ring (bicyclic) bond motifs is 1. The van der Waals surface area contributed by atoms with Gasteiger partial charge in [-0.15, -0.1) is 11.6 Å². The van der Waals surface area contributed by atoms with Gasteiger partial charge in [0.2, 0.25) is 0 Å². The van der Waals surface area contributed by atoms with Gasteiger partial charge in [-0.2, -0.15) is 5.10 Å². The SMILES string of the molecule is Cn1nc(C(=O)NCCCl)c2ccccc21. The van der Waals surface area contributed by atoms with Crippen molar-refractivity contribution in [2.75, 3.05) is 12.4 Å². The second-order valence-corrected chi connectivity index (χ2v) is 3.81. The molecular formula is C11H12ClN3O. The van der Waals surface area contributed by atoms with E-state index in [-0.39, 0.29) is 5.91 Å². The summed E-state index contributed by atoms with van der Waals surface area (Å²) in [5.74, 6) is 0.216. The van der Waals surface area contributed by atoms with Gasteiger partial charge in [0.1, 0.15) is 0 Å². The number of carbonyl (C=O) groups excluding carboxylic acids is 1. The summed E-state index contributed by atoms with van der Waals surface area (Å²) in [6.45, 7) is 0.450. The maximum atomic E-state index is 11.8. The van der Waals surface area contributed by atoms with Crippen LogP contribution in [0, 0.1) is 0 Å². The van der Waals surface area contributed by atoms with Crippen LogP contribution in [-0.2, 0) is 7.05 Å². The lowest BCUT2D eigenvalue weighted by Gasteiger charge is -1.99. The topological polar surface area (TPSA) is 46.9 Å². The molecule has 84 valence electrons. The van der Waals surface area contributed by atoms with Gasteiger partial charge in [0.05, 0.1) is 5.52 Å². The molecule has 0 aliphatic rings. The molecule has 2 rings (SSSR count). The molecule has 5 heteroatoms. The van der Waals surface area contributed by atoms with E-state index in [1.54, 1.807) is 4.68 Å². The number of rotatable bonds is 3. The molecule has 0 aliphatic carbocycles. The highest BCUT2D eigenvalue weighted by Gasteiger charge is 2.14. The lowest BCUT2D eigenvalue weighted by molar-refractivity contribution is 0.0952. The van der Waals surface area contributed by atoms with Crippen molar-refractivity contribution in [3.8, 4) is 0 Å². The maximum Gasteiger partial charge on any atom is 0.272 e. The molecule has 2 aromatic rings. The van der Waals surface area contributed by atoms with Crippen LogP contribution in [-0.4, -0.2) is 28.1 Å². The number of nitrogens with one attached hydrogen (secondary N) is 1. The second kappa shape index (κ2) is 4.53. The van der Waals surface area contributed by atoms with Crippen molar-refractivity contribution < 1.29 is 4.79 Å². The largest absolute Gasteiger partial charge is 0.349 e. The molecule has 0 spiro atoms. The van der Waals surface area contributed by atoms with Gasteiger partial charge in [0, 0.05) is 24.9 Å². The first-order chi connectivity index (χ1) is 7.74. The molecule has 0 atom stereocenters. The van der Waals surface area contributed by atoms with Crippen molar-refractivity contribution in [2.24, 2.45) is 7.05 Å². The number of aromatic nitrogens is 2. The first kappa shape index (κ1) is 11.0. The Morgan fingerprint density at radius 3 is 3.00 bits per heavy atom. The summed E-state index contributed by atoms with van der Waals surface area (Å²) in [5, 5.41) is 7.77. The van der Waals surface area contributed by atoms with Crippen LogP contribution in [0.5, 0.6) is 0 Å². The second-order valence-electron chi connectivity index (χ2n) is 3.43. The zero-order valence-electron chi connectivity index (χ0n) is 8.90. The van der Waals surface area contributed by atoms with Gasteiger partial charge in [-0.3, -0.25) is 9.48 Å². The Bertz CT molecular complexity index is 521. The number of aryl methyl sites for hydroxylation is 1. The Hall–Kier alpha value is -1.55. The van der Waals surface area contributed by atoms with Gasteiger partial charge in [-0.1, -0.05) is 18.2 Å². The predicted octanol–water partition coefficient (Wildman–Crippen LogP) is 1.54. The fourth-order valence-corrected chi connectivity index (χ4v) is 1.72. The minimum absolute atomic E-state index is 0.183. The van der Waals surface area contributed by atoms with Gasteiger partial charge in [0.15, 0.2) is 5.69 Å². The Kier molecular flexibility index (Phi) is 3.10. The van der Waals surface area contributed by atoms with Crippen molar-refractivity contribution in [3.05, 3.63) is 30.0 Å². The van der Waals surface area contributed by atoms with Gasteiger partial charge < -0.3 is 5.32 Å². The Morgan fingerprint density at radius 1 is 1.50 bits per heavy atom. The molecule has 0 saturated carbocycles. The number of alkyl halides is 1. The van der Waals surface area contributed by atoms with Crippen LogP contribution in [0.25, 0.3) is 10.9 Å². The number of halogens is 1. The summed E-state index contributed by atoms with van der Waals surface area (Å²) in [6.07, 6.45) is 0. The summed E-state index contributed by atoms with van der Waals surface area (Å²) >= 11 is 5.52. The van der Waals surface area contributed by atoms with Crippen LogP contribution in [0.1, 0.15) is 10.5 Å². The first-order valence-electron chi connectivity index (χ1n) is 5.00. The first-order valence-corrected chi connectivity index (χ1v) is 5.53. The molecule has 16 heavy (non-hydrogen) atoms. The zero-order chi connectivity index (χ0) is 11.5. The van der Waals surface area contributed by atoms with Gasteiger partial charge >= 0.3 is 0 Å². The number of nitrogens with zero attached hydrogens (tertiary/aromatic N) is 2. The van der Waals surface area contributed by atoms with Crippen molar-refractivity contribution in [1.29, 1.82) is 0 Å². The number of benzene rings is 1. The number of para-hydroxylation sites is 1. The van der Waals surface area contributed by atoms with E-state index in [0.717, 1.165) is 10.9 Å². The lowest BCUT2D eigenvalue weighted by atomic mass is 10.2. The lowest BCUT2D eigenvalue weighted by Crippen LogP contribution is -2.25. The van der Waals surface area contributed by atoms with E-state index in [4.69, 9.17) is 11.6 Å². The Balaban J connectivity index is 2.41. The fourth-order valence-electron chi connectivity index (χ4n) is 1.63. The molecule has 0 unspecified atom stereocenters. The minimum Gasteiger partial charge on any atom is -0.349 e. The van der Waals surface area contributed by atoms with E-state index in [0.29, 0.717) is 18.1 Å². The highest BCUT2D eigenvalue weighted by atomic mass is 35.5. The van der Waals surface area contributed by atoms with Gasteiger partial charge in [0.25, 0.3) is 5.91 Å². The third-order valence-electron chi connectivity index (χ3n) is 2.35. The summed E-state index contributed by atoms with van der Waals surface area (Å²) in [4.78, 5) is 11.8. The fraction of sp³-hybridized carbons (Fsp3) is 0.273. The summed E-state index contributed by atoms with van der Waals surface area (Å²) < 4.78 is 1.70. The number of hydrogen-bond donors (Lipinski definition) is 1. The number of hydrogen-bond acceptors (Lipinski definition) is 2. The number of amides is 1.